The summed E-state index contributed by atoms with van der Waals surface area (Å²) < 4.78 is 7.17. The number of fused-ring (bicyclic) bond motifs is 1. The summed E-state index contributed by atoms with van der Waals surface area (Å²) in [5.74, 6) is 2.18. The van der Waals surface area contributed by atoms with Crippen LogP contribution in [0.25, 0.3) is 5.65 Å². The van der Waals surface area contributed by atoms with Crippen LogP contribution >= 0.6 is 0 Å². The van der Waals surface area contributed by atoms with Gasteiger partial charge in [0.05, 0.1) is 6.61 Å². The minimum Gasteiger partial charge on any atom is -0.478 e. The van der Waals surface area contributed by atoms with Gasteiger partial charge in [0.2, 0.25) is 5.88 Å². The molecule has 0 aliphatic carbocycles. The predicted molar refractivity (Wildman–Crippen MR) is 82.9 cm³/mol. The number of pyridine rings is 1. The van der Waals surface area contributed by atoms with Crippen LogP contribution in [0.1, 0.15) is 24.7 Å². The molecule has 22 heavy (non-hydrogen) atoms. The first-order valence-corrected chi connectivity index (χ1v) is 7.27. The lowest BCUT2D eigenvalue weighted by Crippen LogP contribution is -2.05. The molecule has 7 heteroatoms. The number of nitrogens with one attached hydrogen (secondary N) is 1. The molecule has 0 aliphatic rings. The summed E-state index contributed by atoms with van der Waals surface area (Å²) in [6.45, 7) is 5.27. The van der Waals surface area contributed by atoms with Gasteiger partial charge in [0.25, 0.3) is 0 Å². The zero-order valence-corrected chi connectivity index (χ0v) is 12.7. The van der Waals surface area contributed by atoms with Gasteiger partial charge in [-0.1, -0.05) is 13.0 Å². The summed E-state index contributed by atoms with van der Waals surface area (Å²) in [7, 11) is 0. The topological polar surface area (TPSA) is 77.2 Å². The van der Waals surface area contributed by atoms with E-state index in [2.05, 4.69) is 32.5 Å². The molecule has 3 aromatic heterocycles. The highest BCUT2D eigenvalue weighted by atomic mass is 16.5. The molecule has 0 radical (unpaired) electrons. The fourth-order valence-corrected chi connectivity index (χ4v) is 1.99. The first kappa shape index (κ1) is 14.2. The molecule has 3 aromatic rings. The van der Waals surface area contributed by atoms with Crippen LogP contribution in [0.3, 0.4) is 0 Å². The smallest absolute Gasteiger partial charge is 0.213 e. The number of aromatic nitrogens is 5. The number of rotatable bonds is 6. The fourth-order valence-electron chi connectivity index (χ4n) is 1.99. The molecule has 0 bridgehead atoms. The summed E-state index contributed by atoms with van der Waals surface area (Å²) in [6, 6.07) is 7.64. The minimum atomic E-state index is 0.640. The molecule has 0 saturated heterocycles. The molecule has 1 N–H and O–H groups in total. The zero-order valence-electron chi connectivity index (χ0n) is 12.7. The van der Waals surface area contributed by atoms with E-state index in [9.17, 15) is 0 Å². The second kappa shape index (κ2) is 6.38. The molecule has 3 rings (SSSR count). The zero-order chi connectivity index (χ0) is 15.4. The van der Waals surface area contributed by atoms with Gasteiger partial charge in [-0.15, -0.1) is 15.3 Å². The van der Waals surface area contributed by atoms with Crippen molar-refractivity contribution >= 4 is 11.5 Å². The summed E-state index contributed by atoms with van der Waals surface area (Å²) in [5, 5.41) is 15.7. The number of hydrogen-bond donors (Lipinski definition) is 1. The molecule has 3 heterocycles. The molecule has 0 spiro atoms. The van der Waals surface area contributed by atoms with Crippen LogP contribution in [0.4, 0.5) is 5.82 Å². The summed E-state index contributed by atoms with van der Waals surface area (Å²) >= 11 is 0. The Bertz CT molecular complexity index is 752. The molecule has 0 amide bonds. The van der Waals surface area contributed by atoms with Gasteiger partial charge < -0.3 is 10.1 Å². The molecule has 0 aromatic carbocycles. The fraction of sp³-hybridized carbons (Fsp3) is 0.333. The minimum absolute atomic E-state index is 0.640. The average Bonchev–Trinajstić information content (AvgIpc) is 2.93. The van der Waals surface area contributed by atoms with E-state index in [1.165, 1.54) is 0 Å². The van der Waals surface area contributed by atoms with E-state index in [0.717, 1.165) is 29.3 Å². The molecule has 0 atom stereocenters. The maximum atomic E-state index is 5.46. The molecule has 0 aliphatic heterocycles. The third kappa shape index (κ3) is 3.13. The lowest BCUT2D eigenvalue weighted by Gasteiger charge is -2.07. The summed E-state index contributed by atoms with van der Waals surface area (Å²) in [4.78, 5) is 4.28. The maximum absolute atomic E-state index is 5.46. The summed E-state index contributed by atoms with van der Waals surface area (Å²) in [6.07, 6.45) is 2.78. The van der Waals surface area contributed by atoms with Crippen LogP contribution < -0.4 is 10.1 Å². The van der Waals surface area contributed by atoms with Crippen molar-refractivity contribution in [2.24, 2.45) is 0 Å². The number of ether oxygens (including phenoxy) is 1. The van der Waals surface area contributed by atoms with Crippen molar-refractivity contribution in [1.82, 2.24) is 24.8 Å². The van der Waals surface area contributed by atoms with Crippen molar-refractivity contribution in [1.29, 1.82) is 0 Å². The SMILES string of the molecule is CCCOc1ccc(CNc2ccc3nnc(C)n3n2)cn1. The van der Waals surface area contributed by atoms with E-state index in [1.807, 2.05) is 31.2 Å². The third-order valence-corrected chi connectivity index (χ3v) is 3.14. The Morgan fingerprint density at radius 1 is 1.18 bits per heavy atom. The standard InChI is InChI=1S/C15H18N6O/c1-3-8-22-15-7-4-12(10-17-15)9-16-13-5-6-14-19-18-11(2)21(14)20-13/h4-7,10H,3,8-9H2,1-2H3,(H,16,20). The molecular weight excluding hydrogens is 280 g/mol. The highest BCUT2D eigenvalue weighted by molar-refractivity contribution is 5.44. The number of nitrogens with zero attached hydrogens (tertiary/aromatic N) is 5. The van der Waals surface area contributed by atoms with Crippen molar-refractivity contribution in [3.8, 4) is 5.88 Å². The van der Waals surface area contributed by atoms with E-state index in [1.54, 1.807) is 10.7 Å². The van der Waals surface area contributed by atoms with Crippen molar-refractivity contribution in [2.45, 2.75) is 26.8 Å². The molecule has 7 nitrogen and oxygen atoms in total. The number of hydrogen-bond acceptors (Lipinski definition) is 6. The third-order valence-electron chi connectivity index (χ3n) is 3.14. The van der Waals surface area contributed by atoms with Gasteiger partial charge >= 0.3 is 0 Å². The first-order chi connectivity index (χ1) is 10.8. The van der Waals surface area contributed by atoms with Gasteiger partial charge in [0.1, 0.15) is 5.82 Å². The molecule has 114 valence electrons. The Hall–Kier alpha value is -2.70. The van der Waals surface area contributed by atoms with Crippen molar-refractivity contribution in [2.75, 3.05) is 11.9 Å². The Balaban J connectivity index is 1.64. The van der Waals surface area contributed by atoms with E-state index >= 15 is 0 Å². The van der Waals surface area contributed by atoms with Gasteiger partial charge in [-0.25, -0.2) is 4.98 Å². The van der Waals surface area contributed by atoms with Crippen LogP contribution in [0.2, 0.25) is 0 Å². The lowest BCUT2D eigenvalue weighted by atomic mass is 10.3. The molecule has 0 fully saturated rings. The maximum Gasteiger partial charge on any atom is 0.213 e. The Morgan fingerprint density at radius 2 is 2.09 bits per heavy atom. The second-order valence-corrected chi connectivity index (χ2v) is 4.94. The van der Waals surface area contributed by atoms with E-state index < -0.39 is 0 Å². The van der Waals surface area contributed by atoms with Crippen molar-refractivity contribution in [3.05, 3.63) is 41.9 Å². The van der Waals surface area contributed by atoms with Crippen LogP contribution in [-0.2, 0) is 6.54 Å². The van der Waals surface area contributed by atoms with Crippen LogP contribution in [-0.4, -0.2) is 31.4 Å². The van der Waals surface area contributed by atoms with Crippen LogP contribution in [0, 0.1) is 6.92 Å². The Kier molecular flexibility index (Phi) is 4.13. The Morgan fingerprint density at radius 3 is 2.86 bits per heavy atom. The van der Waals surface area contributed by atoms with Crippen LogP contribution in [0.15, 0.2) is 30.5 Å². The monoisotopic (exact) mass is 298 g/mol. The molecule has 0 saturated carbocycles. The van der Waals surface area contributed by atoms with Gasteiger partial charge in [-0.2, -0.15) is 4.52 Å². The number of aryl methyl sites for hydroxylation is 1. The molecule has 0 unspecified atom stereocenters. The van der Waals surface area contributed by atoms with E-state index in [0.29, 0.717) is 19.0 Å². The Labute approximate surface area is 128 Å². The first-order valence-electron chi connectivity index (χ1n) is 7.27. The normalized spacial score (nSPS) is 10.8. The quantitative estimate of drug-likeness (QED) is 0.752. The summed E-state index contributed by atoms with van der Waals surface area (Å²) in [5.41, 5.74) is 1.80. The van der Waals surface area contributed by atoms with Gasteiger partial charge in [0, 0.05) is 18.8 Å². The average molecular weight is 298 g/mol. The second-order valence-electron chi connectivity index (χ2n) is 4.94. The molecular formula is C15H18N6O. The van der Waals surface area contributed by atoms with Crippen LogP contribution in [0.5, 0.6) is 5.88 Å². The van der Waals surface area contributed by atoms with Crippen molar-refractivity contribution in [3.63, 3.8) is 0 Å². The van der Waals surface area contributed by atoms with Gasteiger partial charge in [-0.05, 0) is 31.0 Å². The highest BCUT2D eigenvalue weighted by Gasteiger charge is 2.03. The number of anilines is 1. The van der Waals surface area contributed by atoms with E-state index in [4.69, 9.17) is 4.74 Å². The lowest BCUT2D eigenvalue weighted by molar-refractivity contribution is 0.305. The van der Waals surface area contributed by atoms with Gasteiger partial charge in [-0.3, -0.25) is 0 Å². The van der Waals surface area contributed by atoms with Gasteiger partial charge in [0.15, 0.2) is 11.5 Å². The predicted octanol–water partition coefficient (Wildman–Crippen LogP) is 2.23. The highest BCUT2D eigenvalue weighted by Crippen LogP contribution is 2.11. The largest absolute Gasteiger partial charge is 0.478 e. The van der Waals surface area contributed by atoms with Crippen molar-refractivity contribution < 1.29 is 4.74 Å². The van der Waals surface area contributed by atoms with E-state index in [-0.39, 0.29) is 0 Å².